The van der Waals surface area contributed by atoms with Gasteiger partial charge in [0.05, 0.1) is 12.8 Å². The standard InChI is InChI=1S/C15H19N3O2/c1-2-19-14-5-7-15(8-6-14)20-11-13-10-18(17-16-13)9-12-3-4-12/h5-8,10,12H,2-4,9,11H2,1H3. The van der Waals surface area contributed by atoms with E-state index >= 15 is 0 Å². The lowest BCUT2D eigenvalue weighted by Crippen LogP contribution is -2.00. The van der Waals surface area contributed by atoms with Crippen LogP contribution in [0.4, 0.5) is 0 Å². The highest BCUT2D eigenvalue weighted by Crippen LogP contribution is 2.30. The lowest BCUT2D eigenvalue weighted by atomic mass is 10.3. The zero-order valence-electron chi connectivity index (χ0n) is 11.7. The van der Waals surface area contributed by atoms with Crippen molar-refractivity contribution in [3.8, 4) is 11.5 Å². The van der Waals surface area contributed by atoms with Gasteiger partial charge in [-0.1, -0.05) is 5.21 Å². The molecule has 0 aliphatic heterocycles. The monoisotopic (exact) mass is 273 g/mol. The molecular weight excluding hydrogens is 254 g/mol. The van der Waals surface area contributed by atoms with Crippen molar-refractivity contribution in [1.29, 1.82) is 0 Å². The van der Waals surface area contributed by atoms with Crippen LogP contribution in [0.25, 0.3) is 0 Å². The molecule has 0 radical (unpaired) electrons. The van der Waals surface area contributed by atoms with Crippen LogP contribution in [-0.4, -0.2) is 21.6 Å². The maximum absolute atomic E-state index is 5.69. The number of rotatable bonds is 7. The van der Waals surface area contributed by atoms with E-state index < -0.39 is 0 Å². The third-order valence-corrected chi connectivity index (χ3v) is 3.25. The Balaban J connectivity index is 1.51. The second-order valence-electron chi connectivity index (χ2n) is 5.07. The fraction of sp³-hybridized carbons (Fsp3) is 0.467. The van der Waals surface area contributed by atoms with E-state index in [2.05, 4.69) is 10.3 Å². The molecule has 1 aromatic carbocycles. The zero-order valence-corrected chi connectivity index (χ0v) is 11.7. The van der Waals surface area contributed by atoms with Crippen LogP contribution in [0.2, 0.25) is 0 Å². The number of aromatic nitrogens is 3. The van der Waals surface area contributed by atoms with E-state index in [1.807, 2.05) is 42.1 Å². The molecule has 1 heterocycles. The normalized spacial score (nSPS) is 14.2. The van der Waals surface area contributed by atoms with Crippen LogP contribution in [0.3, 0.4) is 0 Å². The first-order valence-corrected chi connectivity index (χ1v) is 7.08. The van der Waals surface area contributed by atoms with E-state index in [4.69, 9.17) is 9.47 Å². The minimum atomic E-state index is 0.443. The van der Waals surface area contributed by atoms with Crippen molar-refractivity contribution in [3.63, 3.8) is 0 Å². The van der Waals surface area contributed by atoms with Gasteiger partial charge in [-0.05, 0) is 49.9 Å². The molecule has 5 heteroatoms. The summed E-state index contributed by atoms with van der Waals surface area (Å²) in [5.41, 5.74) is 0.861. The second kappa shape index (κ2) is 5.94. The molecular formula is C15H19N3O2. The lowest BCUT2D eigenvalue weighted by Gasteiger charge is -2.06. The quantitative estimate of drug-likeness (QED) is 0.778. The van der Waals surface area contributed by atoms with Crippen LogP contribution in [0.1, 0.15) is 25.5 Å². The van der Waals surface area contributed by atoms with Crippen molar-refractivity contribution in [3.05, 3.63) is 36.2 Å². The van der Waals surface area contributed by atoms with Crippen molar-refractivity contribution in [1.82, 2.24) is 15.0 Å². The van der Waals surface area contributed by atoms with Gasteiger partial charge in [-0.2, -0.15) is 0 Å². The molecule has 1 aliphatic rings. The van der Waals surface area contributed by atoms with Crippen molar-refractivity contribution in [2.75, 3.05) is 6.61 Å². The summed E-state index contributed by atoms with van der Waals surface area (Å²) in [7, 11) is 0. The molecule has 0 bridgehead atoms. The maximum Gasteiger partial charge on any atom is 0.134 e. The highest BCUT2D eigenvalue weighted by molar-refractivity contribution is 5.31. The Morgan fingerprint density at radius 2 is 1.85 bits per heavy atom. The first-order valence-electron chi connectivity index (χ1n) is 7.08. The highest BCUT2D eigenvalue weighted by atomic mass is 16.5. The van der Waals surface area contributed by atoms with Crippen LogP contribution in [0, 0.1) is 5.92 Å². The summed E-state index contributed by atoms with van der Waals surface area (Å²) in [5.74, 6) is 2.47. The summed E-state index contributed by atoms with van der Waals surface area (Å²) < 4.78 is 13.0. The molecule has 3 rings (SSSR count). The fourth-order valence-corrected chi connectivity index (χ4v) is 2.01. The van der Waals surface area contributed by atoms with Crippen LogP contribution in [0.5, 0.6) is 11.5 Å². The molecule has 0 saturated heterocycles. The van der Waals surface area contributed by atoms with Gasteiger partial charge in [0.25, 0.3) is 0 Å². The Bertz CT molecular complexity index is 547. The number of ether oxygens (including phenoxy) is 2. The van der Waals surface area contributed by atoms with Gasteiger partial charge in [0.1, 0.15) is 23.8 Å². The van der Waals surface area contributed by atoms with Gasteiger partial charge in [-0.3, -0.25) is 4.68 Å². The van der Waals surface area contributed by atoms with Gasteiger partial charge < -0.3 is 9.47 Å². The van der Waals surface area contributed by atoms with Gasteiger partial charge in [-0.25, -0.2) is 0 Å². The van der Waals surface area contributed by atoms with Gasteiger partial charge in [0, 0.05) is 6.54 Å². The van der Waals surface area contributed by atoms with Crippen molar-refractivity contribution in [2.24, 2.45) is 5.92 Å². The molecule has 2 aromatic rings. The molecule has 1 fully saturated rings. The summed E-state index contributed by atoms with van der Waals surface area (Å²) in [5, 5.41) is 8.24. The van der Waals surface area contributed by atoms with Crippen molar-refractivity contribution >= 4 is 0 Å². The molecule has 0 amide bonds. The summed E-state index contributed by atoms with van der Waals surface area (Å²) in [6.07, 6.45) is 4.60. The summed E-state index contributed by atoms with van der Waals surface area (Å²) in [6, 6.07) is 7.62. The van der Waals surface area contributed by atoms with E-state index in [0.29, 0.717) is 13.2 Å². The maximum atomic E-state index is 5.69. The third-order valence-electron chi connectivity index (χ3n) is 3.25. The molecule has 1 saturated carbocycles. The van der Waals surface area contributed by atoms with E-state index in [1.165, 1.54) is 12.8 Å². The predicted octanol–water partition coefficient (Wildman–Crippen LogP) is 2.67. The van der Waals surface area contributed by atoms with Gasteiger partial charge in [0.2, 0.25) is 0 Å². The molecule has 0 spiro atoms. The van der Waals surface area contributed by atoms with Crippen molar-refractivity contribution in [2.45, 2.75) is 32.9 Å². The molecule has 0 atom stereocenters. The SMILES string of the molecule is CCOc1ccc(OCc2cn(CC3CC3)nn2)cc1. The van der Waals surface area contributed by atoms with Gasteiger partial charge in [0.15, 0.2) is 0 Å². The molecule has 5 nitrogen and oxygen atoms in total. The first-order chi connectivity index (χ1) is 9.83. The molecule has 0 N–H and O–H groups in total. The van der Waals surface area contributed by atoms with E-state index in [0.717, 1.165) is 29.7 Å². The summed E-state index contributed by atoms with van der Waals surface area (Å²) >= 11 is 0. The smallest absolute Gasteiger partial charge is 0.134 e. The van der Waals surface area contributed by atoms with Gasteiger partial charge >= 0.3 is 0 Å². The van der Waals surface area contributed by atoms with Crippen molar-refractivity contribution < 1.29 is 9.47 Å². The Morgan fingerprint density at radius 3 is 2.50 bits per heavy atom. The zero-order chi connectivity index (χ0) is 13.8. The third kappa shape index (κ3) is 3.50. The fourth-order valence-electron chi connectivity index (χ4n) is 2.01. The van der Waals surface area contributed by atoms with Gasteiger partial charge in [-0.15, -0.1) is 5.10 Å². The Kier molecular flexibility index (Phi) is 3.85. The van der Waals surface area contributed by atoms with Crippen LogP contribution >= 0.6 is 0 Å². The average molecular weight is 273 g/mol. The largest absolute Gasteiger partial charge is 0.494 e. The average Bonchev–Trinajstić information content (AvgIpc) is 3.16. The van der Waals surface area contributed by atoms with Crippen LogP contribution < -0.4 is 9.47 Å². The highest BCUT2D eigenvalue weighted by Gasteiger charge is 2.22. The van der Waals surface area contributed by atoms with Crippen LogP contribution in [0.15, 0.2) is 30.5 Å². The number of hydrogen-bond donors (Lipinski definition) is 0. The Morgan fingerprint density at radius 1 is 1.15 bits per heavy atom. The minimum Gasteiger partial charge on any atom is -0.494 e. The van der Waals surface area contributed by atoms with E-state index in [1.54, 1.807) is 0 Å². The molecule has 0 unspecified atom stereocenters. The van der Waals surface area contributed by atoms with Crippen LogP contribution in [-0.2, 0) is 13.2 Å². The molecule has 20 heavy (non-hydrogen) atoms. The Labute approximate surface area is 118 Å². The second-order valence-corrected chi connectivity index (χ2v) is 5.07. The minimum absolute atomic E-state index is 0.443. The number of hydrogen-bond acceptors (Lipinski definition) is 4. The van der Waals surface area contributed by atoms with E-state index in [9.17, 15) is 0 Å². The summed E-state index contributed by atoms with van der Waals surface area (Å²) in [6.45, 7) is 4.06. The Hall–Kier alpha value is -2.04. The molecule has 1 aromatic heterocycles. The molecule has 106 valence electrons. The number of benzene rings is 1. The molecule has 1 aliphatic carbocycles. The predicted molar refractivity (Wildman–Crippen MR) is 74.7 cm³/mol. The summed E-state index contributed by atoms with van der Waals surface area (Å²) in [4.78, 5) is 0. The number of nitrogens with zero attached hydrogens (tertiary/aromatic N) is 3. The first kappa shape index (κ1) is 13.0. The van der Waals surface area contributed by atoms with E-state index in [-0.39, 0.29) is 0 Å². The lowest BCUT2D eigenvalue weighted by molar-refractivity contribution is 0.299. The topological polar surface area (TPSA) is 49.2 Å².